The van der Waals surface area contributed by atoms with Crippen LogP contribution in [0.5, 0.6) is 5.75 Å². The molecule has 8 rings (SSSR count). The van der Waals surface area contributed by atoms with Gasteiger partial charge in [-0.3, -0.25) is 28.6 Å². The van der Waals surface area contributed by atoms with Crippen molar-refractivity contribution in [1.29, 1.82) is 0 Å². The van der Waals surface area contributed by atoms with Crippen molar-refractivity contribution in [2.75, 3.05) is 10.2 Å². The smallest absolute Gasteiger partial charge is 0.308 e. The molecule has 2 aliphatic heterocycles. The van der Waals surface area contributed by atoms with Crippen molar-refractivity contribution >= 4 is 63.8 Å². The molecular weight excluding hydrogens is 630 g/mol. The number of halogens is 1. The summed E-state index contributed by atoms with van der Waals surface area (Å²) in [6.07, 6.45) is 0.779. The topological polar surface area (TPSA) is 109 Å². The van der Waals surface area contributed by atoms with Gasteiger partial charge < -0.3 is 10.4 Å². The van der Waals surface area contributed by atoms with Crippen molar-refractivity contribution in [1.82, 2.24) is 4.57 Å². The van der Waals surface area contributed by atoms with Crippen LogP contribution in [-0.4, -0.2) is 32.6 Å². The molecule has 2 aliphatic carbocycles. The Labute approximate surface area is 272 Å². The molecule has 0 radical (unpaired) electrons. The molecule has 7 unspecified atom stereocenters. The molecule has 3 amide bonds. The molecule has 3 fully saturated rings. The first-order valence-corrected chi connectivity index (χ1v) is 17.0. The highest BCUT2D eigenvalue weighted by atomic mass is 35.5. The number of aryl methyl sites for hydroxylation is 1. The summed E-state index contributed by atoms with van der Waals surface area (Å²) in [5.41, 5.74) is 3.19. The Bertz CT molecular complexity index is 1920. The zero-order valence-corrected chi connectivity index (χ0v) is 26.4. The fraction of sp³-hybridized carbons (Fsp3) is 0.294. The van der Waals surface area contributed by atoms with Gasteiger partial charge in [0, 0.05) is 26.8 Å². The fourth-order valence-electron chi connectivity index (χ4n) is 8.14. The van der Waals surface area contributed by atoms with Crippen LogP contribution in [0.25, 0.3) is 0 Å². The maximum atomic E-state index is 14.0. The van der Waals surface area contributed by atoms with E-state index in [2.05, 4.69) is 5.32 Å². The van der Waals surface area contributed by atoms with Crippen molar-refractivity contribution in [3.8, 4) is 5.75 Å². The number of fused-ring (bicyclic) bond motifs is 9. The van der Waals surface area contributed by atoms with E-state index in [1.54, 1.807) is 28.5 Å². The normalized spacial score (nSPS) is 27.8. The summed E-state index contributed by atoms with van der Waals surface area (Å²) in [5.74, 6) is -1.48. The summed E-state index contributed by atoms with van der Waals surface area (Å²) in [5, 5.41) is 13.8. The van der Waals surface area contributed by atoms with Crippen LogP contribution in [0.2, 0.25) is 5.02 Å². The van der Waals surface area contributed by atoms with Gasteiger partial charge in [-0.05, 0) is 85.2 Å². The molecule has 7 atom stereocenters. The highest BCUT2D eigenvalue weighted by Crippen LogP contribution is 2.69. The molecule has 2 N–H and O–H groups in total. The van der Waals surface area contributed by atoms with Crippen molar-refractivity contribution in [2.45, 2.75) is 36.1 Å². The minimum atomic E-state index is -0.401. The number of hydrogen-bond donors (Lipinski definition) is 2. The summed E-state index contributed by atoms with van der Waals surface area (Å²) in [7, 11) is 0. The van der Waals surface area contributed by atoms with E-state index in [0.29, 0.717) is 16.4 Å². The lowest BCUT2D eigenvalue weighted by Gasteiger charge is -2.43. The Morgan fingerprint density at radius 2 is 1.60 bits per heavy atom. The Hall–Kier alpha value is -3.86. The van der Waals surface area contributed by atoms with E-state index in [1.807, 2.05) is 55.5 Å². The highest BCUT2D eigenvalue weighted by molar-refractivity contribution is 8.00. The Morgan fingerprint density at radius 1 is 0.933 bits per heavy atom. The Kier molecular flexibility index (Phi) is 6.74. The first-order chi connectivity index (χ1) is 21.7. The minimum Gasteiger partial charge on any atom is -0.508 e. The number of aromatic hydroxyl groups is 1. The van der Waals surface area contributed by atoms with Gasteiger partial charge in [-0.25, -0.2) is 0 Å². The van der Waals surface area contributed by atoms with E-state index >= 15 is 0 Å². The molecule has 2 bridgehead atoms. The SMILES string of the molecule is Cc1ccc(N2C(=O)C3C4CC(C3C2=O)C2C(c3ccc(Cl)cc3)c3sc(=O)n(CC(=O)Nc5ccc(O)cc5)c3SC42)cc1. The van der Waals surface area contributed by atoms with Gasteiger partial charge in [0.25, 0.3) is 0 Å². The van der Waals surface area contributed by atoms with Gasteiger partial charge in [0.05, 0.1) is 22.5 Å². The minimum absolute atomic E-state index is 0.000411. The molecule has 4 aromatic rings. The lowest BCUT2D eigenvalue weighted by molar-refractivity contribution is -0.123. The predicted molar refractivity (Wildman–Crippen MR) is 174 cm³/mol. The van der Waals surface area contributed by atoms with Crippen LogP contribution < -0.4 is 15.1 Å². The van der Waals surface area contributed by atoms with E-state index in [0.717, 1.165) is 38.8 Å². The first-order valence-electron chi connectivity index (χ1n) is 14.9. The molecule has 3 heterocycles. The maximum absolute atomic E-state index is 14.0. The molecule has 11 heteroatoms. The average Bonchev–Trinajstić information content (AvgIpc) is 3.74. The van der Waals surface area contributed by atoms with E-state index in [9.17, 15) is 24.3 Å². The third-order valence-electron chi connectivity index (χ3n) is 9.92. The molecule has 1 saturated heterocycles. The number of thiazole rings is 1. The summed E-state index contributed by atoms with van der Waals surface area (Å²) in [4.78, 5) is 56.7. The molecule has 8 nitrogen and oxygen atoms in total. The van der Waals surface area contributed by atoms with Crippen molar-refractivity contribution < 1.29 is 19.5 Å². The van der Waals surface area contributed by atoms with E-state index in [4.69, 9.17) is 11.6 Å². The Morgan fingerprint density at radius 3 is 2.29 bits per heavy atom. The second-order valence-electron chi connectivity index (χ2n) is 12.4. The number of anilines is 2. The zero-order chi connectivity index (χ0) is 31.1. The number of aromatic nitrogens is 1. The van der Waals surface area contributed by atoms with Crippen LogP contribution in [0.3, 0.4) is 0 Å². The molecule has 228 valence electrons. The summed E-state index contributed by atoms with van der Waals surface area (Å²) in [6, 6.07) is 21.3. The summed E-state index contributed by atoms with van der Waals surface area (Å²) < 4.78 is 1.54. The summed E-state index contributed by atoms with van der Waals surface area (Å²) in [6.45, 7) is 1.81. The van der Waals surface area contributed by atoms with Gasteiger partial charge >= 0.3 is 4.87 Å². The monoisotopic (exact) mass is 657 g/mol. The first kappa shape index (κ1) is 28.6. The largest absolute Gasteiger partial charge is 0.508 e. The number of imide groups is 1. The van der Waals surface area contributed by atoms with Crippen LogP contribution in [0.4, 0.5) is 11.4 Å². The standard InChI is InChI=1S/C34H28ClN3O5S2/c1-16-2-10-20(11-3-16)38-31(41)27-22-14-23(28(27)32(38)42)29-26(22)25(17-4-6-18(35)7-5-17)30-33(44-29)37(34(43)45-30)15-24(40)36-19-8-12-21(39)13-9-19/h2-13,22-23,25-29,39H,14-15H2,1H3,(H,36,40). The molecule has 1 aromatic heterocycles. The second-order valence-corrected chi connectivity index (χ2v) is 15.0. The lowest BCUT2D eigenvalue weighted by Crippen LogP contribution is -2.43. The third-order valence-corrected chi connectivity index (χ3v) is 13.0. The van der Waals surface area contributed by atoms with E-state index in [-0.39, 0.29) is 63.8 Å². The number of carbonyl (C=O) groups is 3. The molecule has 0 spiro atoms. The average molecular weight is 658 g/mol. The number of amides is 3. The lowest BCUT2D eigenvalue weighted by atomic mass is 9.68. The molecule has 45 heavy (non-hydrogen) atoms. The quantitative estimate of drug-likeness (QED) is 0.205. The molecule has 2 saturated carbocycles. The number of rotatable bonds is 5. The highest BCUT2D eigenvalue weighted by Gasteiger charge is 2.69. The number of nitrogens with one attached hydrogen (secondary N) is 1. The van der Waals surface area contributed by atoms with Crippen molar-refractivity contribution in [3.63, 3.8) is 0 Å². The molecular formula is C34H28ClN3O5S2. The second kappa shape index (κ2) is 10.6. The van der Waals surface area contributed by atoms with Crippen LogP contribution in [0.15, 0.2) is 82.6 Å². The van der Waals surface area contributed by atoms with E-state index in [1.165, 1.54) is 17.0 Å². The van der Waals surface area contributed by atoms with Gasteiger partial charge in [0.15, 0.2) is 0 Å². The Balaban J connectivity index is 1.17. The van der Waals surface area contributed by atoms with Gasteiger partial charge in [-0.2, -0.15) is 0 Å². The number of nitrogens with zero attached hydrogens (tertiary/aromatic N) is 2. The molecule has 4 aliphatic rings. The number of phenolic OH excluding ortho intramolecular Hbond substituents is 1. The van der Waals surface area contributed by atoms with E-state index < -0.39 is 11.8 Å². The van der Waals surface area contributed by atoms with Gasteiger partial charge in [0.2, 0.25) is 17.7 Å². The maximum Gasteiger partial charge on any atom is 0.308 e. The number of thioether (sulfide) groups is 1. The van der Waals surface area contributed by atoms with Crippen LogP contribution in [0.1, 0.15) is 28.3 Å². The third kappa shape index (κ3) is 4.48. The summed E-state index contributed by atoms with van der Waals surface area (Å²) >= 11 is 9.02. The number of carbonyl (C=O) groups excluding carboxylic acids is 3. The number of phenols is 1. The van der Waals surface area contributed by atoms with Gasteiger partial charge in [-0.15, -0.1) is 11.8 Å². The van der Waals surface area contributed by atoms with Crippen molar-refractivity contribution in [3.05, 3.63) is 103 Å². The van der Waals surface area contributed by atoms with Gasteiger partial charge in [-0.1, -0.05) is 52.8 Å². The predicted octanol–water partition coefficient (Wildman–Crippen LogP) is 5.89. The van der Waals surface area contributed by atoms with Gasteiger partial charge in [0.1, 0.15) is 12.3 Å². The number of benzene rings is 3. The van der Waals surface area contributed by atoms with Crippen LogP contribution in [0, 0.1) is 36.5 Å². The number of hydrogen-bond acceptors (Lipinski definition) is 7. The molecule has 3 aromatic carbocycles. The van der Waals surface area contributed by atoms with Crippen LogP contribution in [-0.2, 0) is 20.9 Å². The van der Waals surface area contributed by atoms with Crippen LogP contribution >= 0.6 is 34.7 Å². The van der Waals surface area contributed by atoms with Crippen molar-refractivity contribution in [2.24, 2.45) is 29.6 Å². The fourth-order valence-corrected chi connectivity index (χ4v) is 11.4. The zero-order valence-electron chi connectivity index (χ0n) is 24.1.